The third kappa shape index (κ3) is 6.38. The molecule has 2 N–H and O–H groups in total. The van der Waals surface area contributed by atoms with Crippen LogP contribution in [0.1, 0.15) is 27.7 Å². The van der Waals surface area contributed by atoms with E-state index in [9.17, 15) is 9.59 Å². The fraction of sp³-hybridized carbons (Fsp3) is 0.125. The molecule has 0 saturated carbocycles. The minimum Gasteiger partial charge on any atom is -0.378 e. The van der Waals surface area contributed by atoms with Gasteiger partial charge in [0.2, 0.25) is 0 Å². The van der Waals surface area contributed by atoms with Gasteiger partial charge in [0.25, 0.3) is 11.8 Å². The summed E-state index contributed by atoms with van der Waals surface area (Å²) in [6.07, 6.45) is 1.63. The van der Waals surface area contributed by atoms with E-state index in [1.807, 2.05) is 68.4 Å². The molecule has 1 heterocycles. The molecule has 2 aromatic carbocycles. The van der Waals surface area contributed by atoms with Crippen LogP contribution in [-0.4, -0.2) is 31.6 Å². The molecule has 0 aliphatic carbocycles. The highest BCUT2D eigenvalue weighted by molar-refractivity contribution is 9.11. The minimum atomic E-state index is -0.513. The molecule has 0 atom stereocenters. The van der Waals surface area contributed by atoms with Crippen molar-refractivity contribution in [3.8, 4) is 0 Å². The first-order chi connectivity index (χ1) is 15.3. The molecule has 0 unspecified atom stereocenters. The van der Waals surface area contributed by atoms with Gasteiger partial charge < -0.3 is 10.2 Å². The number of benzene rings is 2. The summed E-state index contributed by atoms with van der Waals surface area (Å²) in [6.45, 7) is 1.81. The zero-order chi connectivity index (χ0) is 23.1. The van der Waals surface area contributed by atoms with Crippen molar-refractivity contribution in [2.24, 2.45) is 5.10 Å². The fourth-order valence-corrected chi connectivity index (χ4v) is 4.07. The number of hydrazone groups is 1. The lowest BCUT2D eigenvalue weighted by Crippen LogP contribution is -2.33. The second-order valence-electron chi connectivity index (χ2n) is 7.11. The molecule has 0 aliphatic rings. The number of carbonyl (C=O) groups excluding carboxylic acids is 2. The van der Waals surface area contributed by atoms with Gasteiger partial charge in [-0.05, 0) is 70.9 Å². The Morgan fingerprint density at radius 3 is 2.28 bits per heavy atom. The second-order valence-corrected chi connectivity index (χ2v) is 9.57. The van der Waals surface area contributed by atoms with Gasteiger partial charge in [0.15, 0.2) is 0 Å². The van der Waals surface area contributed by atoms with Crippen LogP contribution in [0.25, 0.3) is 6.08 Å². The maximum Gasteiger partial charge on any atom is 0.287 e. The molecule has 8 heteroatoms. The van der Waals surface area contributed by atoms with Gasteiger partial charge in [-0.2, -0.15) is 5.10 Å². The molecule has 2 amide bonds. The summed E-state index contributed by atoms with van der Waals surface area (Å²) >= 11 is 4.94. The van der Waals surface area contributed by atoms with Gasteiger partial charge in [0, 0.05) is 25.3 Å². The van der Waals surface area contributed by atoms with Crippen LogP contribution in [0.5, 0.6) is 0 Å². The Hall–Kier alpha value is -3.23. The summed E-state index contributed by atoms with van der Waals surface area (Å²) in [5, 5.41) is 6.91. The van der Waals surface area contributed by atoms with E-state index in [0.29, 0.717) is 11.3 Å². The molecular weight excluding hydrogens is 488 g/mol. The molecule has 0 saturated heterocycles. The number of anilines is 1. The third-order valence-corrected chi connectivity index (χ3v) is 6.24. The number of amides is 2. The van der Waals surface area contributed by atoms with Crippen molar-refractivity contribution in [1.29, 1.82) is 0 Å². The lowest BCUT2D eigenvalue weighted by molar-refractivity contribution is -0.117. The molecule has 0 bridgehead atoms. The van der Waals surface area contributed by atoms with Crippen LogP contribution in [0.4, 0.5) is 5.69 Å². The van der Waals surface area contributed by atoms with Gasteiger partial charge in [-0.15, -0.1) is 11.3 Å². The van der Waals surface area contributed by atoms with Crippen molar-refractivity contribution in [3.05, 3.63) is 92.2 Å². The Bertz CT molecular complexity index is 1150. The molecule has 3 rings (SSSR count). The first-order valence-corrected chi connectivity index (χ1v) is 11.4. The van der Waals surface area contributed by atoms with Gasteiger partial charge >= 0.3 is 0 Å². The SMILES string of the molecule is C/C(=N\NC(=O)/C(=C/c1ccc(N(C)C)cc1)NC(=O)c1ccccc1)c1ccc(Br)s1. The maximum atomic E-state index is 12.9. The maximum absolute atomic E-state index is 12.9. The molecule has 3 aromatic rings. The molecule has 0 fully saturated rings. The summed E-state index contributed by atoms with van der Waals surface area (Å²) in [4.78, 5) is 28.5. The second kappa shape index (κ2) is 10.9. The number of rotatable bonds is 7. The Balaban J connectivity index is 1.84. The molecule has 164 valence electrons. The number of hydrogen-bond donors (Lipinski definition) is 2. The van der Waals surface area contributed by atoms with Crippen molar-refractivity contribution < 1.29 is 9.59 Å². The van der Waals surface area contributed by atoms with E-state index in [2.05, 4.69) is 31.8 Å². The molecule has 32 heavy (non-hydrogen) atoms. The summed E-state index contributed by atoms with van der Waals surface area (Å²) < 4.78 is 0.977. The van der Waals surface area contributed by atoms with Crippen molar-refractivity contribution in [3.63, 3.8) is 0 Å². The lowest BCUT2D eigenvalue weighted by Gasteiger charge is -2.13. The van der Waals surface area contributed by atoms with E-state index in [-0.39, 0.29) is 11.6 Å². The quantitative estimate of drug-likeness (QED) is 0.270. The highest BCUT2D eigenvalue weighted by atomic mass is 79.9. The van der Waals surface area contributed by atoms with Crippen LogP contribution in [0.3, 0.4) is 0 Å². The van der Waals surface area contributed by atoms with Gasteiger partial charge in [0.1, 0.15) is 5.70 Å². The van der Waals surface area contributed by atoms with E-state index in [4.69, 9.17) is 0 Å². The number of thiophene rings is 1. The van der Waals surface area contributed by atoms with E-state index in [0.717, 1.165) is 19.9 Å². The average Bonchev–Trinajstić information content (AvgIpc) is 3.24. The van der Waals surface area contributed by atoms with Crippen LogP contribution < -0.4 is 15.6 Å². The summed E-state index contributed by atoms with van der Waals surface area (Å²) in [5.74, 6) is -0.888. The van der Waals surface area contributed by atoms with Crippen LogP contribution >= 0.6 is 27.3 Å². The Morgan fingerprint density at radius 1 is 1.00 bits per heavy atom. The predicted octanol–water partition coefficient (Wildman–Crippen LogP) is 4.89. The number of hydrogen-bond acceptors (Lipinski definition) is 5. The number of nitrogens with zero attached hydrogens (tertiary/aromatic N) is 2. The van der Waals surface area contributed by atoms with Crippen LogP contribution in [0.15, 0.2) is 81.3 Å². The molecule has 0 aliphatic heterocycles. The normalized spacial score (nSPS) is 11.8. The highest BCUT2D eigenvalue weighted by Gasteiger charge is 2.15. The fourth-order valence-electron chi connectivity index (χ4n) is 2.74. The van der Waals surface area contributed by atoms with Crippen molar-refractivity contribution in [1.82, 2.24) is 10.7 Å². The monoisotopic (exact) mass is 510 g/mol. The van der Waals surface area contributed by atoms with E-state index in [1.54, 1.807) is 30.3 Å². The van der Waals surface area contributed by atoms with Crippen molar-refractivity contribution >= 4 is 56.6 Å². The predicted molar refractivity (Wildman–Crippen MR) is 135 cm³/mol. The Labute approximate surface area is 199 Å². The van der Waals surface area contributed by atoms with E-state index < -0.39 is 5.91 Å². The topological polar surface area (TPSA) is 73.8 Å². The molecule has 0 spiro atoms. The van der Waals surface area contributed by atoms with Gasteiger partial charge in [-0.3, -0.25) is 9.59 Å². The standard InChI is InChI=1S/C24H23BrN4O2S/c1-16(21-13-14-22(25)32-21)27-28-24(31)20(26-23(30)18-7-5-4-6-8-18)15-17-9-11-19(12-10-17)29(2)3/h4-15H,1-3H3,(H,26,30)(H,28,31)/b20-15-,27-16+. The van der Waals surface area contributed by atoms with Gasteiger partial charge in [-0.25, -0.2) is 5.43 Å². The lowest BCUT2D eigenvalue weighted by atomic mass is 10.1. The molecule has 1 aromatic heterocycles. The highest BCUT2D eigenvalue weighted by Crippen LogP contribution is 2.22. The van der Waals surface area contributed by atoms with E-state index >= 15 is 0 Å². The van der Waals surface area contributed by atoms with Gasteiger partial charge in [-0.1, -0.05) is 30.3 Å². The molecule has 6 nitrogen and oxygen atoms in total. The first kappa shape index (κ1) is 23.4. The van der Waals surface area contributed by atoms with Crippen LogP contribution in [-0.2, 0) is 4.79 Å². The Morgan fingerprint density at radius 2 is 1.69 bits per heavy atom. The summed E-state index contributed by atoms with van der Waals surface area (Å²) in [5.41, 5.74) is 5.57. The minimum absolute atomic E-state index is 0.0976. The van der Waals surface area contributed by atoms with Crippen LogP contribution in [0, 0.1) is 0 Å². The number of carbonyl (C=O) groups is 2. The third-order valence-electron chi connectivity index (χ3n) is 4.50. The zero-order valence-electron chi connectivity index (χ0n) is 17.9. The van der Waals surface area contributed by atoms with E-state index in [1.165, 1.54) is 11.3 Å². The Kier molecular flexibility index (Phi) is 7.97. The molecular formula is C24H23BrN4O2S. The largest absolute Gasteiger partial charge is 0.378 e. The molecule has 0 radical (unpaired) electrons. The first-order valence-electron chi connectivity index (χ1n) is 9.79. The van der Waals surface area contributed by atoms with Gasteiger partial charge in [0.05, 0.1) is 14.4 Å². The summed E-state index contributed by atoms with van der Waals surface area (Å²) in [6, 6.07) is 20.2. The van der Waals surface area contributed by atoms with Crippen molar-refractivity contribution in [2.45, 2.75) is 6.92 Å². The van der Waals surface area contributed by atoms with Crippen molar-refractivity contribution in [2.75, 3.05) is 19.0 Å². The number of nitrogens with one attached hydrogen (secondary N) is 2. The van der Waals surface area contributed by atoms with Crippen LogP contribution in [0.2, 0.25) is 0 Å². The number of halogens is 1. The zero-order valence-corrected chi connectivity index (χ0v) is 20.3. The average molecular weight is 511 g/mol. The summed E-state index contributed by atoms with van der Waals surface area (Å²) in [7, 11) is 3.91. The smallest absolute Gasteiger partial charge is 0.287 e.